The van der Waals surface area contributed by atoms with Gasteiger partial charge in [0, 0.05) is 37.3 Å². The molecular formula is C19H25N5O3. The zero-order valence-electron chi connectivity index (χ0n) is 15.5. The Bertz CT molecular complexity index is 770. The molecule has 0 spiro atoms. The van der Waals surface area contributed by atoms with Crippen LogP contribution in [0.2, 0.25) is 0 Å². The summed E-state index contributed by atoms with van der Waals surface area (Å²) >= 11 is 0. The summed E-state index contributed by atoms with van der Waals surface area (Å²) in [7, 11) is 0. The van der Waals surface area contributed by atoms with E-state index >= 15 is 0 Å². The number of carbonyl (C=O) groups excluding carboxylic acids is 1. The van der Waals surface area contributed by atoms with Crippen molar-refractivity contribution < 1.29 is 14.1 Å². The molecule has 2 atom stereocenters. The minimum Gasteiger partial charge on any atom is -0.345 e. The molecule has 4 rings (SSSR count). The first-order valence-electron chi connectivity index (χ1n) is 9.38. The summed E-state index contributed by atoms with van der Waals surface area (Å²) in [4.78, 5) is 20.1. The van der Waals surface area contributed by atoms with E-state index in [2.05, 4.69) is 15.0 Å². The van der Waals surface area contributed by atoms with E-state index in [0.29, 0.717) is 24.3 Å². The maximum atomic E-state index is 11.5. The van der Waals surface area contributed by atoms with Crippen LogP contribution < -0.4 is 10.6 Å². The molecule has 8 heteroatoms. The van der Waals surface area contributed by atoms with Crippen LogP contribution in [-0.4, -0.2) is 65.9 Å². The minimum absolute atomic E-state index is 0.00839. The van der Waals surface area contributed by atoms with E-state index in [4.69, 9.17) is 15.0 Å². The third kappa shape index (κ3) is 4.02. The zero-order chi connectivity index (χ0) is 18.8. The van der Waals surface area contributed by atoms with Crippen LogP contribution in [0.4, 0.5) is 5.69 Å². The van der Waals surface area contributed by atoms with E-state index in [1.54, 1.807) is 6.92 Å². The molecule has 2 aliphatic rings. The Labute approximate surface area is 158 Å². The standard InChI is InChI=1S/C19H25N5O3/c1-13-21-19(22-27-13)14-2-4-16(5-3-14)24-11-17(26-18(24)12-25)10-23-8-6-15(20)7-9-23/h2-5,12,15,17-18H,6-11,20H2,1H3. The summed E-state index contributed by atoms with van der Waals surface area (Å²) in [5.74, 6) is 1.09. The summed E-state index contributed by atoms with van der Waals surface area (Å²) in [5, 5.41) is 3.93. The molecule has 0 amide bonds. The molecule has 2 aromatic rings. The van der Waals surface area contributed by atoms with Crippen molar-refractivity contribution in [1.82, 2.24) is 15.0 Å². The molecule has 2 saturated heterocycles. The van der Waals surface area contributed by atoms with E-state index in [-0.39, 0.29) is 6.10 Å². The quantitative estimate of drug-likeness (QED) is 0.783. The van der Waals surface area contributed by atoms with Gasteiger partial charge in [0.05, 0.1) is 6.10 Å². The number of hydrogen-bond donors (Lipinski definition) is 1. The van der Waals surface area contributed by atoms with Crippen LogP contribution in [0.3, 0.4) is 0 Å². The van der Waals surface area contributed by atoms with Gasteiger partial charge >= 0.3 is 0 Å². The number of hydrogen-bond acceptors (Lipinski definition) is 8. The second-order valence-electron chi connectivity index (χ2n) is 7.26. The number of aromatic nitrogens is 2. The Balaban J connectivity index is 1.42. The fourth-order valence-corrected chi connectivity index (χ4v) is 3.74. The van der Waals surface area contributed by atoms with E-state index in [1.807, 2.05) is 29.2 Å². The van der Waals surface area contributed by atoms with Gasteiger partial charge in [-0.3, -0.25) is 4.79 Å². The molecular weight excluding hydrogens is 346 g/mol. The van der Waals surface area contributed by atoms with Crippen LogP contribution in [-0.2, 0) is 9.53 Å². The molecule has 0 bridgehead atoms. The van der Waals surface area contributed by atoms with Crippen LogP contribution in [0, 0.1) is 6.92 Å². The number of ether oxygens (including phenoxy) is 1. The number of piperidine rings is 1. The highest BCUT2D eigenvalue weighted by Gasteiger charge is 2.34. The highest BCUT2D eigenvalue weighted by atomic mass is 16.5. The summed E-state index contributed by atoms with van der Waals surface area (Å²) < 4.78 is 11.0. The SMILES string of the molecule is Cc1nc(-c2ccc(N3CC(CN4CCC(N)CC4)OC3C=O)cc2)no1. The lowest BCUT2D eigenvalue weighted by molar-refractivity contribution is -0.117. The maximum absolute atomic E-state index is 11.5. The Hall–Kier alpha value is -2.29. The fraction of sp³-hybridized carbons (Fsp3) is 0.526. The normalized spacial score (nSPS) is 24.4. The van der Waals surface area contributed by atoms with Crippen molar-refractivity contribution in [2.24, 2.45) is 5.73 Å². The number of likely N-dealkylation sites (tertiary alicyclic amines) is 1. The van der Waals surface area contributed by atoms with Gasteiger partial charge in [0.25, 0.3) is 0 Å². The van der Waals surface area contributed by atoms with Crippen molar-refractivity contribution in [2.45, 2.75) is 38.1 Å². The van der Waals surface area contributed by atoms with Gasteiger partial charge in [-0.25, -0.2) is 0 Å². The predicted octanol–water partition coefficient (Wildman–Crippen LogP) is 1.20. The second-order valence-corrected chi connectivity index (χ2v) is 7.26. The molecule has 2 N–H and O–H groups in total. The lowest BCUT2D eigenvalue weighted by atomic mass is 10.1. The van der Waals surface area contributed by atoms with Crippen LogP contribution in [0.15, 0.2) is 28.8 Å². The van der Waals surface area contributed by atoms with Crippen LogP contribution in [0.5, 0.6) is 0 Å². The van der Waals surface area contributed by atoms with Crippen molar-refractivity contribution >= 4 is 12.0 Å². The lowest BCUT2D eigenvalue weighted by Gasteiger charge is -2.31. The molecule has 2 fully saturated rings. The summed E-state index contributed by atoms with van der Waals surface area (Å²) in [6.45, 7) is 5.26. The van der Waals surface area contributed by atoms with E-state index in [9.17, 15) is 4.79 Å². The van der Waals surface area contributed by atoms with Crippen molar-refractivity contribution in [3.8, 4) is 11.4 Å². The van der Waals surface area contributed by atoms with Crippen LogP contribution in [0.25, 0.3) is 11.4 Å². The molecule has 0 radical (unpaired) electrons. The third-order valence-electron chi connectivity index (χ3n) is 5.23. The molecule has 2 unspecified atom stereocenters. The second kappa shape index (κ2) is 7.75. The smallest absolute Gasteiger partial charge is 0.223 e. The average Bonchev–Trinajstić information content (AvgIpc) is 3.30. The number of benzene rings is 1. The number of rotatable bonds is 5. The van der Waals surface area contributed by atoms with Crippen molar-refractivity contribution in [2.75, 3.05) is 31.1 Å². The van der Waals surface area contributed by atoms with Gasteiger partial charge in [0.15, 0.2) is 12.5 Å². The molecule has 2 aliphatic heterocycles. The Morgan fingerprint density at radius 2 is 2.00 bits per heavy atom. The highest BCUT2D eigenvalue weighted by Crippen LogP contribution is 2.27. The van der Waals surface area contributed by atoms with Gasteiger partial charge in [0.2, 0.25) is 11.7 Å². The monoisotopic (exact) mass is 371 g/mol. The number of anilines is 1. The van der Waals surface area contributed by atoms with Crippen molar-refractivity contribution in [3.05, 3.63) is 30.2 Å². The Kier molecular flexibility index (Phi) is 5.20. The number of nitrogens with two attached hydrogens (primary N) is 1. The first kappa shape index (κ1) is 18.1. The molecule has 144 valence electrons. The van der Waals surface area contributed by atoms with Gasteiger partial charge < -0.3 is 24.8 Å². The molecule has 1 aromatic carbocycles. The minimum atomic E-state index is -0.555. The fourth-order valence-electron chi connectivity index (χ4n) is 3.74. The topological polar surface area (TPSA) is 97.7 Å². The number of aryl methyl sites for hydroxylation is 1. The highest BCUT2D eigenvalue weighted by molar-refractivity contribution is 5.67. The lowest BCUT2D eigenvalue weighted by Crippen LogP contribution is -2.43. The molecule has 27 heavy (non-hydrogen) atoms. The number of aldehydes is 1. The van der Waals surface area contributed by atoms with Gasteiger partial charge in [0.1, 0.15) is 0 Å². The zero-order valence-corrected chi connectivity index (χ0v) is 15.5. The largest absolute Gasteiger partial charge is 0.345 e. The van der Waals surface area contributed by atoms with Gasteiger partial charge in [-0.1, -0.05) is 5.16 Å². The Morgan fingerprint density at radius 3 is 2.63 bits per heavy atom. The third-order valence-corrected chi connectivity index (χ3v) is 5.23. The molecule has 8 nitrogen and oxygen atoms in total. The Morgan fingerprint density at radius 1 is 1.26 bits per heavy atom. The van der Waals surface area contributed by atoms with Crippen molar-refractivity contribution in [3.63, 3.8) is 0 Å². The molecule has 0 aliphatic carbocycles. The average molecular weight is 371 g/mol. The van der Waals surface area contributed by atoms with Gasteiger partial charge in [-0.05, 0) is 50.2 Å². The maximum Gasteiger partial charge on any atom is 0.223 e. The molecule has 0 saturated carbocycles. The first-order chi connectivity index (χ1) is 13.1. The van der Waals surface area contributed by atoms with Crippen molar-refractivity contribution in [1.29, 1.82) is 0 Å². The van der Waals surface area contributed by atoms with Gasteiger partial charge in [-0.15, -0.1) is 0 Å². The van der Waals surface area contributed by atoms with E-state index < -0.39 is 6.23 Å². The summed E-state index contributed by atoms with van der Waals surface area (Å²) in [6, 6.07) is 8.10. The van der Waals surface area contributed by atoms with E-state index in [0.717, 1.165) is 50.0 Å². The van der Waals surface area contributed by atoms with Crippen LogP contribution in [0.1, 0.15) is 18.7 Å². The summed E-state index contributed by atoms with van der Waals surface area (Å²) in [5.41, 5.74) is 7.79. The number of nitrogens with zero attached hydrogens (tertiary/aromatic N) is 4. The first-order valence-corrected chi connectivity index (χ1v) is 9.38. The van der Waals surface area contributed by atoms with Gasteiger partial charge in [-0.2, -0.15) is 4.98 Å². The predicted molar refractivity (Wildman–Crippen MR) is 100 cm³/mol. The molecule has 1 aromatic heterocycles. The number of carbonyl (C=O) groups is 1. The molecule has 3 heterocycles. The van der Waals surface area contributed by atoms with Crippen LogP contribution >= 0.6 is 0 Å². The summed E-state index contributed by atoms with van der Waals surface area (Å²) in [6.07, 6.45) is 2.35. The van der Waals surface area contributed by atoms with E-state index in [1.165, 1.54) is 0 Å².